The third-order valence-electron chi connectivity index (χ3n) is 1.90. The number of halogens is 2. The average Bonchev–Trinajstić information content (AvgIpc) is 2.66. The molecule has 0 aromatic heterocycles. The second kappa shape index (κ2) is 3.47. The Bertz CT molecular complexity index is 202. The van der Waals surface area contributed by atoms with Gasteiger partial charge in [0.2, 0.25) is 0 Å². The molecular formula is C8H13F2NO2. The van der Waals surface area contributed by atoms with E-state index in [1.807, 2.05) is 0 Å². The van der Waals surface area contributed by atoms with E-state index in [1.54, 1.807) is 13.8 Å². The maximum absolute atomic E-state index is 12.3. The Morgan fingerprint density at radius 1 is 1.46 bits per heavy atom. The van der Waals surface area contributed by atoms with Crippen LogP contribution in [0.25, 0.3) is 0 Å². The summed E-state index contributed by atoms with van der Waals surface area (Å²) in [5, 5.41) is 2.19. The molecule has 13 heavy (non-hydrogen) atoms. The number of alkyl carbamates (subject to hydrolysis) is 1. The van der Waals surface area contributed by atoms with Gasteiger partial charge in [-0.05, 0) is 26.7 Å². The number of hydrogen-bond donors (Lipinski definition) is 1. The standard InChI is InChI=1S/C8H13F2NO2/c1-5(2)13-7(12)11-8(3-4-8)6(9)10/h5-6H,3-4H2,1-2H3,(H,11,12). The molecule has 0 heterocycles. The van der Waals surface area contributed by atoms with Crippen molar-refractivity contribution < 1.29 is 18.3 Å². The molecule has 1 aliphatic rings. The van der Waals surface area contributed by atoms with Gasteiger partial charge in [0.1, 0.15) is 5.54 Å². The summed E-state index contributed by atoms with van der Waals surface area (Å²) in [5.74, 6) is 0. The Labute approximate surface area is 75.4 Å². The van der Waals surface area contributed by atoms with E-state index in [2.05, 4.69) is 5.32 Å². The van der Waals surface area contributed by atoms with Gasteiger partial charge in [-0.2, -0.15) is 0 Å². The molecule has 1 rings (SSSR count). The van der Waals surface area contributed by atoms with Crippen molar-refractivity contribution in [2.24, 2.45) is 0 Å². The van der Waals surface area contributed by atoms with Crippen molar-refractivity contribution in [2.45, 2.75) is 44.8 Å². The third kappa shape index (κ3) is 2.54. The fourth-order valence-electron chi connectivity index (χ4n) is 0.979. The van der Waals surface area contributed by atoms with Gasteiger partial charge in [-0.3, -0.25) is 0 Å². The molecule has 0 aliphatic heterocycles. The highest BCUT2D eigenvalue weighted by Crippen LogP contribution is 2.40. The number of hydrogen-bond acceptors (Lipinski definition) is 2. The lowest BCUT2D eigenvalue weighted by atomic mass is 10.3. The van der Waals surface area contributed by atoms with Gasteiger partial charge in [-0.1, -0.05) is 0 Å². The number of carbonyl (C=O) groups excluding carboxylic acids is 1. The number of nitrogens with one attached hydrogen (secondary N) is 1. The Hall–Kier alpha value is -0.870. The topological polar surface area (TPSA) is 38.3 Å². The highest BCUT2D eigenvalue weighted by molar-refractivity contribution is 5.69. The molecule has 0 aromatic carbocycles. The van der Waals surface area contributed by atoms with Crippen LogP contribution in [0.1, 0.15) is 26.7 Å². The molecule has 0 aromatic rings. The van der Waals surface area contributed by atoms with Gasteiger partial charge in [0, 0.05) is 0 Å². The van der Waals surface area contributed by atoms with E-state index in [4.69, 9.17) is 4.74 Å². The summed E-state index contributed by atoms with van der Waals surface area (Å²) in [7, 11) is 0. The van der Waals surface area contributed by atoms with Gasteiger partial charge < -0.3 is 10.1 Å². The van der Waals surface area contributed by atoms with Crippen LogP contribution in [0, 0.1) is 0 Å². The summed E-state index contributed by atoms with van der Waals surface area (Å²) in [6.07, 6.45) is -2.89. The van der Waals surface area contributed by atoms with Gasteiger partial charge in [0.25, 0.3) is 6.43 Å². The summed E-state index contributed by atoms with van der Waals surface area (Å²) < 4.78 is 29.3. The number of amides is 1. The van der Waals surface area contributed by atoms with Crippen LogP contribution in [0.4, 0.5) is 13.6 Å². The first-order valence-electron chi connectivity index (χ1n) is 4.23. The third-order valence-corrected chi connectivity index (χ3v) is 1.90. The van der Waals surface area contributed by atoms with Crippen LogP contribution in [-0.4, -0.2) is 24.2 Å². The summed E-state index contributed by atoms with van der Waals surface area (Å²) in [6, 6.07) is 0. The van der Waals surface area contributed by atoms with Gasteiger partial charge in [0.15, 0.2) is 0 Å². The Morgan fingerprint density at radius 2 is 2.00 bits per heavy atom. The van der Waals surface area contributed by atoms with Gasteiger partial charge in [0.05, 0.1) is 6.10 Å². The summed E-state index contributed by atoms with van der Waals surface area (Å²) in [5.41, 5.74) is -1.30. The molecule has 1 saturated carbocycles. The number of rotatable bonds is 3. The quantitative estimate of drug-likeness (QED) is 0.743. The van der Waals surface area contributed by atoms with Gasteiger partial charge >= 0.3 is 6.09 Å². The van der Waals surface area contributed by atoms with Crippen LogP contribution < -0.4 is 5.32 Å². The number of carbonyl (C=O) groups is 1. The predicted octanol–water partition coefficient (Wildman–Crippen LogP) is 1.92. The minimum Gasteiger partial charge on any atom is -0.447 e. The Kier molecular flexibility index (Phi) is 2.73. The van der Waals surface area contributed by atoms with Crippen molar-refractivity contribution in [3.05, 3.63) is 0 Å². The summed E-state index contributed by atoms with van der Waals surface area (Å²) in [4.78, 5) is 10.9. The van der Waals surface area contributed by atoms with Crippen molar-refractivity contribution in [3.8, 4) is 0 Å². The smallest absolute Gasteiger partial charge is 0.408 e. The minimum absolute atomic E-state index is 0.284. The first kappa shape index (κ1) is 10.2. The van der Waals surface area contributed by atoms with Crippen molar-refractivity contribution in [2.75, 3.05) is 0 Å². The first-order valence-corrected chi connectivity index (χ1v) is 4.23. The van der Waals surface area contributed by atoms with Gasteiger partial charge in [-0.15, -0.1) is 0 Å². The van der Waals surface area contributed by atoms with E-state index in [-0.39, 0.29) is 6.10 Å². The molecule has 5 heteroatoms. The van der Waals surface area contributed by atoms with E-state index in [0.29, 0.717) is 12.8 Å². The normalized spacial score (nSPS) is 18.9. The molecule has 0 bridgehead atoms. The largest absolute Gasteiger partial charge is 0.447 e. The lowest BCUT2D eigenvalue weighted by molar-refractivity contribution is 0.0661. The van der Waals surface area contributed by atoms with Crippen LogP contribution in [0.5, 0.6) is 0 Å². The molecule has 1 N–H and O–H groups in total. The molecule has 1 amide bonds. The van der Waals surface area contributed by atoms with E-state index in [0.717, 1.165) is 0 Å². The first-order chi connectivity index (χ1) is 5.96. The average molecular weight is 193 g/mol. The molecule has 3 nitrogen and oxygen atoms in total. The van der Waals surface area contributed by atoms with Crippen LogP contribution in [0.3, 0.4) is 0 Å². The van der Waals surface area contributed by atoms with E-state index < -0.39 is 18.1 Å². The molecule has 0 unspecified atom stereocenters. The second-order valence-electron chi connectivity index (χ2n) is 3.54. The Balaban J connectivity index is 2.36. The van der Waals surface area contributed by atoms with Crippen molar-refractivity contribution in [3.63, 3.8) is 0 Å². The molecular weight excluding hydrogens is 180 g/mol. The van der Waals surface area contributed by atoms with Crippen LogP contribution in [-0.2, 0) is 4.74 Å². The molecule has 0 saturated heterocycles. The number of ether oxygens (including phenoxy) is 1. The highest BCUT2D eigenvalue weighted by atomic mass is 19.3. The molecule has 0 atom stereocenters. The Morgan fingerprint density at radius 3 is 2.31 bits per heavy atom. The zero-order valence-electron chi connectivity index (χ0n) is 7.64. The lowest BCUT2D eigenvalue weighted by Gasteiger charge is -2.17. The maximum Gasteiger partial charge on any atom is 0.408 e. The molecule has 0 spiro atoms. The zero-order chi connectivity index (χ0) is 10.1. The molecule has 76 valence electrons. The monoisotopic (exact) mass is 193 g/mol. The maximum atomic E-state index is 12.3. The molecule has 1 fully saturated rings. The molecule has 0 radical (unpaired) electrons. The summed E-state index contributed by atoms with van der Waals surface area (Å²) in [6.45, 7) is 3.34. The predicted molar refractivity (Wildman–Crippen MR) is 42.7 cm³/mol. The SMILES string of the molecule is CC(C)OC(=O)NC1(C(F)F)CC1. The second-order valence-corrected chi connectivity index (χ2v) is 3.54. The van der Waals surface area contributed by atoms with Crippen molar-refractivity contribution in [1.29, 1.82) is 0 Å². The van der Waals surface area contributed by atoms with Crippen LogP contribution in [0.2, 0.25) is 0 Å². The van der Waals surface area contributed by atoms with Crippen molar-refractivity contribution in [1.82, 2.24) is 5.32 Å². The summed E-state index contributed by atoms with van der Waals surface area (Å²) >= 11 is 0. The fraction of sp³-hybridized carbons (Fsp3) is 0.875. The minimum atomic E-state index is -2.51. The van der Waals surface area contributed by atoms with Gasteiger partial charge in [-0.25, -0.2) is 13.6 Å². The number of alkyl halides is 2. The lowest BCUT2D eigenvalue weighted by Crippen LogP contribution is -2.43. The fourth-order valence-corrected chi connectivity index (χ4v) is 0.979. The zero-order valence-corrected chi connectivity index (χ0v) is 7.64. The highest BCUT2D eigenvalue weighted by Gasteiger charge is 2.52. The molecule has 1 aliphatic carbocycles. The van der Waals surface area contributed by atoms with Crippen LogP contribution >= 0.6 is 0 Å². The van der Waals surface area contributed by atoms with Crippen LogP contribution in [0.15, 0.2) is 0 Å². The van der Waals surface area contributed by atoms with E-state index in [9.17, 15) is 13.6 Å². The van der Waals surface area contributed by atoms with E-state index >= 15 is 0 Å². The van der Waals surface area contributed by atoms with E-state index in [1.165, 1.54) is 0 Å². The van der Waals surface area contributed by atoms with Crippen molar-refractivity contribution >= 4 is 6.09 Å².